The largest absolute Gasteiger partial charge is 0.359 e. The maximum atomic E-state index is 11.8. The van der Waals surface area contributed by atoms with Gasteiger partial charge in [0.15, 0.2) is 0 Å². The first-order valence-electron chi connectivity index (χ1n) is 5.31. The number of carbonyl (C=O) groups excluding carboxylic acids is 2. The Morgan fingerprint density at radius 3 is 2.80 bits per heavy atom. The van der Waals surface area contributed by atoms with Crippen LogP contribution < -0.4 is 10.6 Å². The molecule has 0 saturated carbocycles. The van der Waals surface area contributed by atoms with E-state index >= 15 is 0 Å². The van der Waals surface area contributed by atoms with Crippen LogP contribution in [0.25, 0.3) is 0 Å². The Bertz CT molecular complexity index is 237. The van der Waals surface area contributed by atoms with Crippen LogP contribution in [-0.4, -0.2) is 50.4 Å². The van der Waals surface area contributed by atoms with Gasteiger partial charge in [-0.25, -0.2) is 0 Å². The van der Waals surface area contributed by atoms with E-state index < -0.39 is 0 Å². The zero-order chi connectivity index (χ0) is 11.3. The molecule has 5 heteroatoms. The number of carbonyl (C=O) groups is 2. The molecule has 5 nitrogen and oxygen atoms in total. The number of amides is 2. The second kappa shape index (κ2) is 5.70. The van der Waals surface area contributed by atoms with Crippen molar-refractivity contribution in [1.29, 1.82) is 0 Å². The number of rotatable bonds is 4. The SMILES string of the molecule is CNC(=O)CCN(C)C(=O)[C@@H]1CCNC1. The van der Waals surface area contributed by atoms with E-state index in [9.17, 15) is 9.59 Å². The van der Waals surface area contributed by atoms with Crippen LogP contribution >= 0.6 is 0 Å². The second-order valence-corrected chi connectivity index (χ2v) is 3.87. The molecule has 15 heavy (non-hydrogen) atoms. The molecule has 1 rings (SSSR count). The van der Waals surface area contributed by atoms with Crippen molar-refractivity contribution in [3.05, 3.63) is 0 Å². The van der Waals surface area contributed by atoms with Crippen LogP contribution in [0.15, 0.2) is 0 Å². The molecule has 1 saturated heterocycles. The van der Waals surface area contributed by atoms with E-state index in [1.165, 1.54) is 0 Å². The molecule has 86 valence electrons. The van der Waals surface area contributed by atoms with E-state index in [1.807, 2.05) is 0 Å². The zero-order valence-corrected chi connectivity index (χ0v) is 9.38. The van der Waals surface area contributed by atoms with Crippen LogP contribution in [0.3, 0.4) is 0 Å². The van der Waals surface area contributed by atoms with Gasteiger partial charge in [0, 0.05) is 33.6 Å². The molecule has 0 aromatic rings. The summed E-state index contributed by atoms with van der Waals surface area (Å²) in [4.78, 5) is 24.4. The minimum absolute atomic E-state index is 0.0285. The van der Waals surface area contributed by atoms with Gasteiger partial charge in [-0.05, 0) is 13.0 Å². The molecule has 0 bridgehead atoms. The van der Waals surface area contributed by atoms with Gasteiger partial charge in [0.05, 0.1) is 5.92 Å². The first kappa shape index (κ1) is 12.0. The normalized spacial score (nSPS) is 20.0. The monoisotopic (exact) mass is 213 g/mol. The highest BCUT2D eigenvalue weighted by molar-refractivity contribution is 5.80. The predicted molar refractivity (Wildman–Crippen MR) is 57.3 cm³/mol. The average Bonchev–Trinajstić information content (AvgIpc) is 2.77. The molecule has 0 aliphatic carbocycles. The van der Waals surface area contributed by atoms with Crippen molar-refractivity contribution in [1.82, 2.24) is 15.5 Å². The summed E-state index contributed by atoms with van der Waals surface area (Å²) in [6, 6.07) is 0. The van der Waals surface area contributed by atoms with Gasteiger partial charge >= 0.3 is 0 Å². The smallest absolute Gasteiger partial charge is 0.226 e. The fourth-order valence-corrected chi connectivity index (χ4v) is 1.68. The molecule has 1 atom stereocenters. The predicted octanol–water partition coefficient (Wildman–Crippen LogP) is -0.810. The Morgan fingerprint density at radius 2 is 2.27 bits per heavy atom. The van der Waals surface area contributed by atoms with Crippen molar-refractivity contribution in [3.63, 3.8) is 0 Å². The minimum atomic E-state index is -0.0285. The van der Waals surface area contributed by atoms with Crippen molar-refractivity contribution < 1.29 is 9.59 Å². The maximum Gasteiger partial charge on any atom is 0.226 e. The van der Waals surface area contributed by atoms with Crippen molar-refractivity contribution in [3.8, 4) is 0 Å². The molecular weight excluding hydrogens is 194 g/mol. The summed E-state index contributed by atoms with van der Waals surface area (Å²) in [7, 11) is 3.36. The molecule has 1 aliphatic heterocycles. The Hall–Kier alpha value is -1.10. The molecule has 1 fully saturated rings. The minimum Gasteiger partial charge on any atom is -0.359 e. The van der Waals surface area contributed by atoms with Crippen molar-refractivity contribution in [2.24, 2.45) is 5.92 Å². The number of nitrogens with zero attached hydrogens (tertiary/aromatic N) is 1. The van der Waals surface area contributed by atoms with Crippen LogP contribution in [0.5, 0.6) is 0 Å². The van der Waals surface area contributed by atoms with Gasteiger partial charge in [-0.3, -0.25) is 9.59 Å². The highest BCUT2D eigenvalue weighted by atomic mass is 16.2. The van der Waals surface area contributed by atoms with Gasteiger partial charge in [-0.2, -0.15) is 0 Å². The van der Waals surface area contributed by atoms with Gasteiger partial charge in [-0.1, -0.05) is 0 Å². The highest BCUT2D eigenvalue weighted by Gasteiger charge is 2.25. The molecule has 0 aromatic heterocycles. The Labute approximate surface area is 90.2 Å². The first-order valence-corrected chi connectivity index (χ1v) is 5.31. The Balaban J connectivity index is 2.29. The maximum absolute atomic E-state index is 11.8. The fraction of sp³-hybridized carbons (Fsp3) is 0.800. The summed E-state index contributed by atoms with van der Waals surface area (Å²) >= 11 is 0. The van der Waals surface area contributed by atoms with Gasteiger partial charge in [0.25, 0.3) is 0 Å². The summed E-state index contributed by atoms with van der Waals surface area (Å²) < 4.78 is 0. The molecule has 2 amide bonds. The van der Waals surface area contributed by atoms with Crippen LogP contribution in [0, 0.1) is 5.92 Å². The number of hydrogen-bond acceptors (Lipinski definition) is 3. The summed E-state index contributed by atoms with van der Waals surface area (Å²) in [6.07, 6.45) is 1.28. The van der Waals surface area contributed by atoms with Crippen molar-refractivity contribution >= 4 is 11.8 Å². The van der Waals surface area contributed by atoms with E-state index in [1.54, 1.807) is 19.0 Å². The summed E-state index contributed by atoms with van der Waals surface area (Å²) in [5, 5.41) is 5.70. The lowest BCUT2D eigenvalue weighted by atomic mass is 10.1. The Morgan fingerprint density at radius 1 is 1.53 bits per heavy atom. The third-order valence-corrected chi connectivity index (χ3v) is 2.74. The first-order chi connectivity index (χ1) is 7.15. The fourth-order valence-electron chi connectivity index (χ4n) is 1.68. The Kier molecular flexibility index (Phi) is 4.55. The molecule has 2 N–H and O–H groups in total. The van der Waals surface area contributed by atoms with E-state index in [-0.39, 0.29) is 17.7 Å². The summed E-state index contributed by atoms with van der Waals surface area (Å²) in [5.41, 5.74) is 0. The van der Waals surface area contributed by atoms with E-state index in [0.717, 1.165) is 19.5 Å². The van der Waals surface area contributed by atoms with E-state index in [0.29, 0.717) is 13.0 Å². The quantitative estimate of drug-likeness (QED) is 0.642. The molecular formula is C10H19N3O2. The molecule has 0 unspecified atom stereocenters. The van der Waals surface area contributed by atoms with Gasteiger partial charge in [0.1, 0.15) is 0 Å². The third-order valence-electron chi connectivity index (χ3n) is 2.74. The average molecular weight is 213 g/mol. The van der Waals surface area contributed by atoms with Crippen molar-refractivity contribution in [2.75, 3.05) is 33.7 Å². The van der Waals surface area contributed by atoms with Crippen LogP contribution in [0.2, 0.25) is 0 Å². The van der Waals surface area contributed by atoms with Crippen molar-refractivity contribution in [2.45, 2.75) is 12.8 Å². The van der Waals surface area contributed by atoms with Crippen LogP contribution in [0.1, 0.15) is 12.8 Å². The van der Waals surface area contributed by atoms with Gasteiger partial charge in [0.2, 0.25) is 11.8 Å². The molecule has 1 heterocycles. The van der Waals surface area contributed by atoms with Gasteiger partial charge < -0.3 is 15.5 Å². The van der Waals surface area contributed by atoms with Crippen LogP contribution in [-0.2, 0) is 9.59 Å². The molecule has 0 spiro atoms. The number of nitrogens with one attached hydrogen (secondary N) is 2. The van der Waals surface area contributed by atoms with E-state index in [2.05, 4.69) is 10.6 Å². The lowest BCUT2D eigenvalue weighted by molar-refractivity contribution is -0.134. The lowest BCUT2D eigenvalue weighted by Gasteiger charge is -2.20. The zero-order valence-electron chi connectivity index (χ0n) is 9.38. The topological polar surface area (TPSA) is 61.4 Å². The molecule has 0 aromatic carbocycles. The second-order valence-electron chi connectivity index (χ2n) is 3.87. The number of hydrogen-bond donors (Lipinski definition) is 2. The van der Waals surface area contributed by atoms with Crippen LogP contribution in [0.4, 0.5) is 0 Å². The summed E-state index contributed by atoms with van der Waals surface area (Å²) in [5.74, 6) is 0.211. The molecule has 0 radical (unpaired) electrons. The van der Waals surface area contributed by atoms with Gasteiger partial charge in [-0.15, -0.1) is 0 Å². The third kappa shape index (κ3) is 3.51. The highest BCUT2D eigenvalue weighted by Crippen LogP contribution is 2.10. The lowest BCUT2D eigenvalue weighted by Crippen LogP contribution is -2.36. The molecule has 1 aliphatic rings. The summed E-state index contributed by atoms with van der Waals surface area (Å²) in [6.45, 7) is 2.18. The standard InChI is InChI=1S/C10H19N3O2/c1-11-9(14)4-6-13(2)10(15)8-3-5-12-7-8/h8,12H,3-7H2,1-2H3,(H,11,14)/t8-/m1/s1. The van der Waals surface area contributed by atoms with E-state index in [4.69, 9.17) is 0 Å².